The van der Waals surface area contributed by atoms with E-state index in [1.807, 2.05) is 6.07 Å². The topological polar surface area (TPSA) is 44.8 Å². The van der Waals surface area contributed by atoms with Gasteiger partial charge in [0.15, 0.2) is 11.5 Å². The van der Waals surface area contributed by atoms with Gasteiger partial charge >= 0.3 is 5.97 Å². The average Bonchev–Trinajstić information content (AvgIpc) is 2.82. The van der Waals surface area contributed by atoms with Gasteiger partial charge in [-0.15, -0.1) is 0 Å². The molecule has 2 unspecified atom stereocenters. The molecule has 0 aliphatic carbocycles. The Balaban J connectivity index is 2.89. The van der Waals surface area contributed by atoms with E-state index in [0.717, 1.165) is 43.2 Å². The first-order chi connectivity index (χ1) is 15.6. The third kappa shape index (κ3) is 11.6. The smallest absolute Gasteiger partial charge is 0.338 e. The minimum atomic E-state index is -0.302. The summed E-state index contributed by atoms with van der Waals surface area (Å²) in [5, 5.41) is 0.919. The van der Waals surface area contributed by atoms with E-state index in [2.05, 4.69) is 43.6 Å². The van der Waals surface area contributed by atoms with Gasteiger partial charge in [-0.2, -0.15) is 0 Å². The maximum atomic E-state index is 12.5. The van der Waals surface area contributed by atoms with Gasteiger partial charge in [-0.3, -0.25) is 0 Å². The van der Waals surface area contributed by atoms with Crippen LogP contribution in [-0.2, 0) is 4.74 Å². The lowest BCUT2D eigenvalue weighted by molar-refractivity contribution is 0.0499. The summed E-state index contributed by atoms with van der Waals surface area (Å²) in [6, 6.07) is 5.45. The normalized spacial score (nSPS) is 12.9. The molecule has 1 aromatic carbocycles. The summed E-state index contributed by atoms with van der Waals surface area (Å²) < 4.78 is 17.9. The van der Waals surface area contributed by atoms with Crippen molar-refractivity contribution in [1.29, 1.82) is 0 Å². The van der Waals surface area contributed by atoms with Crippen molar-refractivity contribution in [2.45, 2.75) is 91.9 Å². The predicted octanol–water partition coefficient (Wildman–Crippen LogP) is 8.21. The highest BCUT2D eigenvalue weighted by Gasteiger charge is 2.16. The van der Waals surface area contributed by atoms with Crippen molar-refractivity contribution >= 4 is 21.9 Å². The van der Waals surface area contributed by atoms with Crippen LogP contribution in [0.2, 0.25) is 0 Å². The second-order valence-electron chi connectivity index (χ2n) is 8.65. The van der Waals surface area contributed by atoms with Crippen molar-refractivity contribution in [2.24, 2.45) is 11.8 Å². The Bertz CT molecular complexity index is 620. The Labute approximate surface area is 204 Å². The Morgan fingerprint density at radius 2 is 1.44 bits per heavy atom. The molecule has 0 radical (unpaired) electrons. The summed E-state index contributed by atoms with van der Waals surface area (Å²) in [4.78, 5) is 12.5. The maximum absolute atomic E-state index is 12.5. The van der Waals surface area contributed by atoms with Crippen molar-refractivity contribution in [3.63, 3.8) is 0 Å². The molecule has 0 aliphatic heterocycles. The Hall–Kier alpha value is -1.23. The van der Waals surface area contributed by atoms with Gasteiger partial charge in [0.1, 0.15) is 0 Å². The van der Waals surface area contributed by atoms with Crippen LogP contribution in [0.5, 0.6) is 11.5 Å². The Kier molecular flexibility index (Phi) is 16.4. The van der Waals surface area contributed by atoms with E-state index in [1.165, 1.54) is 32.1 Å². The number of hydrogen-bond donors (Lipinski definition) is 0. The number of rotatable bonds is 19. The second-order valence-corrected chi connectivity index (χ2v) is 9.44. The van der Waals surface area contributed by atoms with Gasteiger partial charge in [0.25, 0.3) is 0 Å². The van der Waals surface area contributed by atoms with Crippen molar-refractivity contribution < 1.29 is 19.0 Å². The molecule has 5 heteroatoms. The number of ether oxygens (including phenoxy) is 3. The molecule has 0 spiro atoms. The van der Waals surface area contributed by atoms with Crippen LogP contribution < -0.4 is 9.47 Å². The monoisotopic (exact) mass is 512 g/mol. The molecule has 0 bridgehead atoms. The summed E-state index contributed by atoms with van der Waals surface area (Å²) in [7, 11) is 0. The quantitative estimate of drug-likeness (QED) is 0.106. The SMILES string of the molecule is CCCCC(CC)COc1ccc(C(=O)OCCCCBr)cc1OCC(CC)CCCC. The van der Waals surface area contributed by atoms with Crippen LogP contribution in [0.25, 0.3) is 0 Å². The molecule has 0 heterocycles. The molecular formula is C27H45BrO4. The van der Waals surface area contributed by atoms with Crippen molar-refractivity contribution in [3.8, 4) is 11.5 Å². The van der Waals surface area contributed by atoms with Crippen molar-refractivity contribution in [2.75, 3.05) is 25.2 Å². The number of carbonyl (C=O) groups excluding carboxylic acids is 1. The molecule has 0 amide bonds. The molecule has 0 saturated carbocycles. The van der Waals surface area contributed by atoms with E-state index < -0.39 is 0 Å². The van der Waals surface area contributed by atoms with E-state index in [1.54, 1.807) is 12.1 Å². The third-order valence-electron chi connectivity index (χ3n) is 5.98. The van der Waals surface area contributed by atoms with Gasteiger partial charge in [-0.1, -0.05) is 82.1 Å². The Morgan fingerprint density at radius 1 is 0.844 bits per heavy atom. The first-order valence-electron chi connectivity index (χ1n) is 12.7. The van der Waals surface area contributed by atoms with Crippen LogP contribution >= 0.6 is 15.9 Å². The van der Waals surface area contributed by atoms with E-state index in [0.29, 0.717) is 43.0 Å². The number of esters is 1. The van der Waals surface area contributed by atoms with Crippen LogP contribution in [0, 0.1) is 11.8 Å². The highest BCUT2D eigenvalue weighted by molar-refractivity contribution is 9.09. The van der Waals surface area contributed by atoms with Crippen molar-refractivity contribution in [1.82, 2.24) is 0 Å². The number of carbonyl (C=O) groups is 1. The molecule has 184 valence electrons. The fraction of sp³-hybridized carbons (Fsp3) is 0.741. The Morgan fingerprint density at radius 3 is 1.97 bits per heavy atom. The fourth-order valence-corrected chi connectivity index (χ4v) is 3.92. The van der Waals surface area contributed by atoms with E-state index in [4.69, 9.17) is 14.2 Å². The van der Waals surface area contributed by atoms with Gasteiger partial charge in [-0.25, -0.2) is 4.79 Å². The number of unbranched alkanes of at least 4 members (excludes halogenated alkanes) is 3. The molecule has 1 rings (SSSR count). The maximum Gasteiger partial charge on any atom is 0.338 e. The first kappa shape index (κ1) is 28.8. The van der Waals surface area contributed by atoms with Crippen LogP contribution in [-0.4, -0.2) is 31.1 Å². The zero-order chi connectivity index (χ0) is 23.6. The summed E-state index contributed by atoms with van der Waals surface area (Å²) in [6.45, 7) is 10.6. The minimum absolute atomic E-state index is 0.302. The molecule has 2 atom stereocenters. The van der Waals surface area contributed by atoms with Crippen LogP contribution in [0.3, 0.4) is 0 Å². The lowest BCUT2D eigenvalue weighted by Crippen LogP contribution is -2.15. The summed E-state index contributed by atoms with van der Waals surface area (Å²) in [5.41, 5.74) is 0.519. The lowest BCUT2D eigenvalue weighted by atomic mass is 10.0. The molecule has 0 aliphatic rings. The molecular weight excluding hydrogens is 468 g/mol. The summed E-state index contributed by atoms with van der Waals surface area (Å²) in [6.07, 6.45) is 11.2. The molecule has 0 aromatic heterocycles. The zero-order valence-electron chi connectivity index (χ0n) is 20.8. The van der Waals surface area contributed by atoms with Crippen LogP contribution in [0.15, 0.2) is 18.2 Å². The van der Waals surface area contributed by atoms with Gasteiger partial charge in [0.2, 0.25) is 0 Å². The van der Waals surface area contributed by atoms with Gasteiger partial charge < -0.3 is 14.2 Å². The first-order valence-corrected chi connectivity index (χ1v) is 13.8. The third-order valence-corrected chi connectivity index (χ3v) is 6.54. The highest BCUT2D eigenvalue weighted by atomic mass is 79.9. The lowest BCUT2D eigenvalue weighted by Gasteiger charge is -2.20. The summed E-state index contributed by atoms with van der Waals surface area (Å²) >= 11 is 3.40. The summed E-state index contributed by atoms with van der Waals surface area (Å²) in [5.74, 6) is 2.12. The molecule has 32 heavy (non-hydrogen) atoms. The second kappa shape index (κ2) is 18.2. The number of alkyl halides is 1. The van der Waals surface area contributed by atoms with E-state index in [-0.39, 0.29) is 5.97 Å². The molecule has 4 nitrogen and oxygen atoms in total. The van der Waals surface area contributed by atoms with Gasteiger partial charge in [0, 0.05) is 5.33 Å². The van der Waals surface area contributed by atoms with Crippen molar-refractivity contribution in [3.05, 3.63) is 23.8 Å². The highest BCUT2D eigenvalue weighted by Crippen LogP contribution is 2.31. The van der Waals surface area contributed by atoms with Gasteiger partial charge in [0.05, 0.1) is 25.4 Å². The number of benzene rings is 1. The largest absolute Gasteiger partial charge is 0.489 e. The average molecular weight is 514 g/mol. The van der Waals surface area contributed by atoms with E-state index in [9.17, 15) is 4.79 Å². The van der Waals surface area contributed by atoms with Crippen LogP contribution in [0.4, 0.5) is 0 Å². The molecule has 0 fully saturated rings. The van der Waals surface area contributed by atoms with Gasteiger partial charge in [-0.05, 0) is 55.7 Å². The number of hydrogen-bond acceptors (Lipinski definition) is 4. The standard InChI is InChI=1S/C27H45BrO4/c1-5-9-13-22(7-3)20-31-25-16-15-24(27(29)30-18-12-11-17-28)19-26(25)32-21-23(8-4)14-10-6-2/h15-16,19,22-23H,5-14,17-18,20-21H2,1-4H3. The fourth-order valence-electron chi connectivity index (χ4n) is 3.52. The predicted molar refractivity (Wildman–Crippen MR) is 137 cm³/mol. The molecule has 0 saturated heterocycles. The molecule has 1 aromatic rings. The van der Waals surface area contributed by atoms with Crippen LogP contribution in [0.1, 0.15) is 102 Å². The number of halogens is 1. The molecule has 0 N–H and O–H groups in total. The zero-order valence-corrected chi connectivity index (χ0v) is 22.4. The van der Waals surface area contributed by atoms with E-state index >= 15 is 0 Å². The minimum Gasteiger partial charge on any atom is -0.489 e.